The van der Waals surface area contributed by atoms with E-state index < -0.39 is 0 Å². The zero-order valence-corrected chi connectivity index (χ0v) is 12.7. The quantitative estimate of drug-likeness (QED) is 0.892. The Balaban J connectivity index is 1.87. The Labute approximate surface area is 129 Å². The van der Waals surface area contributed by atoms with E-state index in [1.54, 1.807) is 0 Å². The molecule has 22 heavy (non-hydrogen) atoms. The topological polar surface area (TPSA) is 41.6 Å². The highest BCUT2D eigenvalue weighted by Gasteiger charge is 2.05. The van der Waals surface area contributed by atoms with Gasteiger partial charge in [0.15, 0.2) is 6.61 Å². The highest BCUT2D eigenvalue weighted by atomic mass is 19.1. The smallest absolute Gasteiger partial charge is 0.262 e. The van der Waals surface area contributed by atoms with Gasteiger partial charge in [-0.05, 0) is 56.1 Å². The van der Waals surface area contributed by atoms with Crippen LogP contribution < -0.4 is 10.1 Å². The number of nitrogens with one attached hydrogen (secondary N) is 1. The van der Waals surface area contributed by atoms with Gasteiger partial charge in [-0.15, -0.1) is 0 Å². The molecule has 0 radical (unpaired) electrons. The maximum absolute atomic E-state index is 12.8. The molecule has 2 aromatic carbocycles. The van der Waals surface area contributed by atoms with Crippen molar-refractivity contribution in [1.29, 1.82) is 0 Å². The van der Waals surface area contributed by atoms with Crippen molar-refractivity contribution in [3.8, 4) is 5.75 Å². The number of anilines is 1. The average molecular weight is 302 g/mol. The Morgan fingerprint density at radius 3 is 2.59 bits per heavy atom. The average Bonchev–Trinajstić information content (AvgIpc) is 2.46. The van der Waals surface area contributed by atoms with Crippen molar-refractivity contribution >= 4 is 11.6 Å². The fourth-order valence-corrected chi connectivity index (χ4v) is 1.99. The molecule has 4 nitrogen and oxygen atoms in total. The molecular weight excluding hydrogens is 283 g/mol. The number of nitrogens with zero attached hydrogens (tertiary/aromatic N) is 1. The van der Waals surface area contributed by atoms with Crippen molar-refractivity contribution in [3.63, 3.8) is 0 Å². The lowest BCUT2D eigenvalue weighted by Crippen LogP contribution is -2.20. The molecule has 2 aromatic rings. The summed E-state index contributed by atoms with van der Waals surface area (Å²) in [4.78, 5) is 13.9. The molecule has 0 saturated carbocycles. The fraction of sp³-hybridized carbons (Fsp3) is 0.235. The van der Waals surface area contributed by atoms with Gasteiger partial charge in [0.05, 0.1) is 0 Å². The van der Waals surface area contributed by atoms with Gasteiger partial charge in [-0.1, -0.05) is 12.1 Å². The lowest BCUT2D eigenvalue weighted by molar-refractivity contribution is -0.118. The Morgan fingerprint density at radius 1 is 1.18 bits per heavy atom. The van der Waals surface area contributed by atoms with E-state index >= 15 is 0 Å². The van der Waals surface area contributed by atoms with Crippen LogP contribution in [-0.4, -0.2) is 31.5 Å². The zero-order chi connectivity index (χ0) is 15.9. The molecule has 0 fully saturated rings. The largest absolute Gasteiger partial charge is 0.484 e. The van der Waals surface area contributed by atoms with Crippen LogP contribution in [0.4, 0.5) is 10.1 Å². The van der Waals surface area contributed by atoms with Gasteiger partial charge >= 0.3 is 0 Å². The van der Waals surface area contributed by atoms with E-state index in [1.807, 2.05) is 38.4 Å². The SMILES string of the molecule is CN(C)Cc1cccc(NC(=O)COc2ccc(F)cc2)c1. The van der Waals surface area contributed by atoms with E-state index in [9.17, 15) is 9.18 Å². The number of carbonyl (C=O) groups excluding carboxylic acids is 1. The normalized spacial score (nSPS) is 10.5. The van der Waals surface area contributed by atoms with Gasteiger partial charge in [0.2, 0.25) is 0 Å². The Hall–Kier alpha value is -2.40. The second-order valence-electron chi connectivity index (χ2n) is 5.23. The maximum Gasteiger partial charge on any atom is 0.262 e. The van der Waals surface area contributed by atoms with Gasteiger partial charge in [-0.3, -0.25) is 4.79 Å². The van der Waals surface area contributed by atoms with E-state index in [1.165, 1.54) is 24.3 Å². The predicted molar refractivity (Wildman–Crippen MR) is 84.4 cm³/mol. The molecule has 1 N–H and O–H groups in total. The Morgan fingerprint density at radius 2 is 1.91 bits per heavy atom. The van der Waals surface area contributed by atoms with Crippen LogP contribution in [0.1, 0.15) is 5.56 Å². The number of benzene rings is 2. The van der Waals surface area contributed by atoms with Crippen LogP contribution >= 0.6 is 0 Å². The minimum atomic E-state index is -0.338. The number of hydrogen-bond donors (Lipinski definition) is 1. The highest BCUT2D eigenvalue weighted by molar-refractivity contribution is 5.91. The second-order valence-corrected chi connectivity index (χ2v) is 5.23. The van der Waals surface area contributed by atoms with Crippen molar-refractivity contribution in [1.82, 2.24) is 4.90 Å². The molecule has 5 heteroatoms. The molecular formula is C17H19FN2O2. The number of hydrogen-bond acceptors (Lipinski definition) is 3. The van der Waals surface area contributed by atoms with E-state index in [0.29, 0.717) is 5.75 Å². The highest BCUT2D eigenvalue weighted by Crippen LogP contribution is 2.13. The third kappa shape index (κ3) is 5.18. The Bertz CT molecular complexity index is 627. The van der Waals surface area contributed by atoms with E-state index in [2.05, 4.69) is 10.2 Å². The molecule has 0 aromatic heterocycles. The second kappa shape index (κ2) is 7.56. The molecule has 0 spiro atoms. The lowest BCUT2D eigenvalue weighted by atomic mass is 10.2. The van der Waals surface area contributed by atoms with Crippen LogP contribution in [0.3, 0.4) is 0 Å². The summed E-state index contributed by atoms with van der Waals surface area (Å²) in [5, 5.41) is 2.78. The first-order valence-corrected chi connectivity index (χ1v) is 6.95. The first-order chi connectivity index (χ1) is 10.5. The van der Waals surface area contributed by atoms with Gasteiger partial charge in [0.25, 0.3) is 5.91 Å². The molecule has 0 bridgehead atoms. The van der Waals surface area contributed by atoms with E-state index in [0.717, 1.165) is 17.8 Å². The number of halogens is 1. The van der Waals surface area contributed by atoms with Crippen molar-refractivity contribution in [3.05, 3.63) is 59.9 Å². The van der Waals surface area contributed by atoms with Crippen molar-refractivity contribution in [2.24, 2.45) is 0 Å². The monoisotopic (exact) mass is 302 g/mol. The molecule has 1 amide bonds. The third-order valence-electron chi connectivity index (χ3n) is 2.89. The molecule has 0 aliphatic carbocycles. The van der Waals surface area contributed by atoms with E-state index in [-0.39, 0.29) is 18.3 Å². The lowest BCUT2D eigenvalue weighted by Gasteiger charge is -2.12. The number of ether oxygens (including phenoxy) is 1. The van der Waals surface area contributed by atoms with Crippen molar-refractivity contribution in [2.75, 3.05) is 26.0 Å². The molecule has 0 unspecified atom stereocenters. The van der Waals surface area contributed by atoms with Crippen LogP contribution in [0.5, 0.6) is 5.75 Å². The molecule has 0 heterocycles. The number of amides is 1. The van der Waals surface area contributed by atoms with Crippen LogP contribution in [0, 0.1) is 5.82 Å². The van der Waals surface area contributed by atoms with Gasteiger partial charge in [-0.25, -0.2) is 4.39 Å². The summed E-state index contributed by atoms with van der Waals surface area (Å²) < 4.78 is 18.1. The van der Waals surface area contributed by atoms with Crippen LogP contribution in [0.25, 0.3) is 0 Å². The molecule has 0 aliphatic rings. The summed E-state index contributed by atoms with van der Waals surface area (Å²) >= 11 is 0. The molecule has 2 rings (SSSR count). The third-order valence-corrected chi connectivity index (χ3v) is 2.89. The maximum atomic E-state index is 12.8. The minimum Gasteiger partial charge on any atom is -0.484 e. The van der Waals surface area contributed by atoms with Crippen molar-refractivity contribution < 1.29 is 13.9 Å². The predicted octanol–water partition coefficient (Wildman–Crippen LogP) is 2.90. The fourth-order valence-electron chi connectivity index (χ4n) is 1.99. The standard InChI is InChI=1S/C17H19FN2O2/c1-20(2)11-13-4-3-5-15(10-13)19-17(21)12-22-16-8-6-14(18)7-9-16/h3-10H,11-12H2,1-2H3,(H,19,21). The Kier molecular flexibility index (Phi) is 5.49. The summed E-state index contributed by atoms with van der Waals surface area (Å²) in [6.07, 6.45) is 0. The summed E-state index contributed by atoms with van der Waals surface area (Å²) in [5.74, 6) is -0.140. The van der Waals surface area contributed by atoms with Gasteiger partial charge in [0.1, 0.15) is 11.6 Å². The van der Waals surface area contributed by atoms with Crippen LogP contribution in [-0.2, 0) is 11.3 Å². The minimum absolute atomic E-state index is 0.121. The summed E-state index contributed by atoms with van der Waals surface area (Å²) in [7, 11) is 3.98. The van der Waals surface area contributed by atoms with Crippen molar-refractivity contribution in [2.45, 2.75) is 6.54 Å². The number of rotatable bonds is 6. The molecule has 116 valence electrons. The first-order valence-electron chi connectivity index (χ1n) is 6.95. The molecule has 0 aliphatic heterocycles. The van der Waals surface area contributed by atoms with Gasteiger partial charge < -0.3 is 15.0 Å². The van der Waals surface area contributed by atoms with Crippen LogP contribution in [0.15, 0.2) is 48.5 Å². The van der Waals surface area contributed by atoms with Gasteiger partial charge in [0, 0.05) is 12.2 Å². The van der Waals surface area contributed by atoms with E-state index in [4.69, 9.17) is 4.74 Å². The summed E-state index contributed by atoms with van der Waals surface area (Å²) in [5.41, 5.74) is 1.84. The zero-order valence-electron chi connectivity index (χ0n) is 12.7. The van der Waals surface area contributed by atoms with Gasteiger partial charge in [-0.2, -0.15) is 0 Å². The molecule has 0 saturated heterocycles. The number of carbonyl (C=O) groups is 1. The summed E-state index contributed by atoms with van der Waals surface area (Å²) in [6.45, 7) is 0.680. The first kappa shape index (κ1) is 16.0. The molecule has 0 atom stereocenters. The van der Waals surface area contributed by atoms with Crippen LogP contribution in [0.2, 0.25) is 0 Å². The summed E-state index contributed by atoms with van der Waals surface area (Å²) in [6, 6.07) is 13.2.